The first kappa shape index (κ1) is 18.7. The second-order valence-electron chi connectivity index (χ2n) is 6.86. The van der Waals surface area contributed by atoms with Gasteiger partial charge in [0, 0.05) is 50.7 Å². The molecule has 1 fully saturated rings. The fourth-order valence-electron chi connectivity index (χ4n) is 3.37. The molecule has 0 radical (unpaired) electrons. The van der Waals surface area contributed by atoms with E-state index in [2.05, 4.69) is 4.98 Å². The Bertz CT molecular complexity index is 980. The largest absolute Gasteiger partial charge is 0.459 e. The second kappa shape index (κ2) is 8.18. The van der Waals surface area contributed by atoms with Gasteiger partial charge in [0.1, 0.15) is 5.82 Å². The minimum atomic E-state index is -0.141. The highest BCUT2D eigenvalue weighted by Gasteiger charge is 2.26. The molecule has 3 heterocycles. The van der Waals surface area contributed by atoms with Gasteiger partial charge in [-0.15, -0.1) is 0 Å². The number of anilines is 2. The number of para-hydroxylation sites is 1. The first-order chi connectivity index (χ1) is 14.1. The molecule has 1 saturated heterocycles. The lowest BCUT2D eigenvalue weighted by Gasteiger charge is -2.34. The van der Waals surface area contributed by atoms with Crippen molar-refractivity contribution in [1.82, 2.24) is 14.8 Å². The van der Waals surface area contributed by atoms with Crippen LogP contribution in [0.4, 0.5) is 11.5 Å². The van der Waals surface area contributed by atoms with Gasteiger partial charge in [-0.25, -0.2) is 4.98 Å². The summed E-state index contributed by atoms with van der Waals surface area (Å²) < 4.78 is 5.18. The van der Waals surface area contributed by atoms with Gasteiger partial charge in [-0.3, -0.25) is 9.59 Å². The second-order valence-corrected chi connectivity index (χ2v) is 6.86. The van der Waals surface area contributed by atoms with E-state index in [1.807, 2.05) is 42.3 Å². The Morgan fingerprint density at radius 2 is 1.62 bits per heavy atom. The zero-order valence-electron chi connectivity index (χ0n) is 16.2. The van der Waals surface area contributed by atoms with Crippen molar-refractivity contribution in [3.63, 3.8) is 0 Å². The number of nitrogens with zero attached hydrogens (tertiary/aromatic N) is 4. The molecule has 2 amide bonds. The van der Waals surface area contributed by atoms with Crippen molar-refractivity contribution in [2.45, 2.75) is 0 Å². The molecule has 29 heavy (non-hydrogen) atoms. The molecule has 1 aromatic carbocycles. The number of furan rings is 1. The van der Waals surface area contributed by atoms with Gasteiger partial charge in [0.25, 0.3) is 11.8 Å². The van der Waals surface area contributed by atoms with Crippen molar-refractivity contribution in [2.24, 2.45) is 0 Å². The molecule has 3 aromatic rings. The molecule has 0 N–H and O–H groups in total. The number of rotatable bonds is 4. The minimum absolute atomic E-state index is 0.0554. The minimum Gasteiger partial charge on any atom is -0.459 e. The smallest absolute Gasteiger partial charge is 0.289 e. The van der Waals surface area contributed by atoms with Crippen molar-refractivity contribution < 1.29 is 14.0 Å². The monoisotopic (exact) mass is 390 g/mol. The lowest BCUT2D eigenvalue weighted by Crippen LogP contribution is -2.50. The Hall–Kier alpha value is -3.61. The Morgan fingerprint density at radius 1 is 0.931 bits per heavy atom. The number of carbonyl (C=O) groups is 2. The molecule has 7 heteroatoms. The predicted octanol–water partition coefficient (Wildman–Crippen LogP) is 3.04. The molecule has 1 aliphatic rings. The summed E-state index contributed by atoms with van der Waals surface area (Å²) >= 11 is 0. The van der Waals surface area contributed by atoms with Crippen LogP contribution in [0.2, 0.25) is 0 Å². The SMILES string of the molecule is CN(c1ccccc1)c1cc(C(=O)N2CCN(C(=O)c3ccco3)CC2)ccn1. The van der Waals surface area contributed by atoms with Crippen LogP contribution >= 0.6 is 0 Å². The molecule has 7 nitrogen and oxygen atoms in total. The van der Waals surface area contributed by atoms with Crippen molar-refractivity contribution in [3.05, 3.63) is 78.4 Å². The van der Waals surface area contributed by atoms with Gasteiger partial charge in [-0.05, 0) is 36.4 Å². The molecular formula is C22H22N4O3. The third-order valence-corrected chi connectivity index (χ3v) is 5.07. The number of aromatic nitrogens is 1. The van der Waals surface area contributed by atoms with Crippen molar-refractivity contribution in [1.29, 1.82) is 0 Å². The van der Waals surface area contributed by atoms with Crippen LogP contribution in [0.3, 0.4) is 0 Å². The Kier molecular flexibility index (Phi) is 5.29. The number of benzene rings is 1. The predicted molar refractivity (Wildman–Crippen MR) is 109 cm³/mol. The number of hydrogen-bond acceptors (Lipinski definition) is 5. The molecule has 4 rings (SSSR count). The van der Waals surface area contributed by atoms with Crippen molar-refractivity contribution in [3.8, 4) is 0 Å². The summed E-state index contributed by atoms with van der Waals surface area (Å²) in [4.78, 5) is 35.2. The number of pyridine rings is 1. The van der Waals surface area contributed by atoms with Gasteiger partial charge in [-0.1, -0.05) is 18.2 Å². The van der Waals surface area contributed by atoms with E-state index >= 15 is 0 Å². The molecule has 0 saturated carbocycles. The van der Waals surface area contributed by atoms with E-state index < -0.39 is 0 Å². The average molecular weight is 390 g/mol. The molecule has 148 valence electrons. The Balaban J connectivity index is 1.42. The molecule has 0 bridgehead atoms. The Labute approximate surface area is 169 Å². The zero-order valence-corrected chi connectivity index (χ0v) is 16.2. The number of hydrogen-bond donors (Lipinski definition) is 0. The van der Waals surface area contributed by atoms with E-state index in [0.717, 1.165) is 5.69 Å². The lowest BCUT2D eigenvalue weighted by atomic mass is 10.2. The van der Waals surface area contributed by atoms with E-state index in [0.29, 0.717) is 43.3 Å². The first-order valence-corrected chi connectivity index (χ1v) is 9.50. The molecule has 0 aliphatic carbocycles. The fraction of sp³-hybridized carbons (Fsp3) is 0.227. The Morgan fingerprint density at radius 3 is 2.28 bits per heavy atom. The summed E-state index contributed by atoms with van der Waals surface area (Å²) in [5.74, 6) is 0.833. The summed E-state index contributed by atoms with van der Waals surface area (Å²) in [5, 5.41) is 0. The van der Waals surface area contributed by atoms with Crippen LogP contribution in [0.5, 0.6) is 0 Å². The van der Waals surface area contributed by atoms with E-state index in [1.54, 1.807) is 40.3 Å². The normalized spacial score (nSPS) is 14.0. The van der Waals surface area contributed by atoms with E-state index in [-0.39, 0.29) is 11.8 Å². The van der Waals surface area contributed by atoms with Crippen LogP contribution in [0.1, 0.15) is 20.9 Å². The molecule has 1 aliphatic heterocycles. The van der Waals surface area contributed by atoms with Gasteiger partial charge in [-0.2, -0.15) is 0 Å². The zero-order chi connectivity index (χ0) is 20.2. The third kappa shape index (κ3) is 3.99. The van der Waals surface area contributed by atoms with Gasteiger partial charge in [0.15, 0.2) is 5.76 Å². The van der Waals surface area contributed by atoms with Gasteiger partial charge in [0.2, 0.25) is 0 Å². The highest BCUT2D eigenvalue weighted by Crippen LogP contribution is 2.22. The summed E-state index contributed by atoms with van der Waals surface area (Å²) in [6, 6.07) is 16.7. The van der Waals surface area contributed by atoms with E-state index in [1.165, 1.54) is 6.26 Å². The first-order valence-electron chi connectivity index (χ1n) is 9.50. The lowest BCUT2D eigenvalue weighted by molar-refractivity contribution is 0.0518. The van der Waals surface area contributed by atoms with Gasteiger partial charge >= 0.3 is 0 Å². The van der Waals surface area contributed by atoms with Gasteiger partial charge in [0.05, 0.1) is 6.26 Å². The number of carbonyl (C=O) groups excluding carboxylic acids is 2. The van der Waals surface area contributed by atoms with E-state index in [4.69, 9.17) is 4.42 Å². The van der Waals surface area contributed by atoms with Crippen LogP contribution in [-0.2, 0) is 0 Å². The highest BCUT2D eigenvalue weighted by atomic mass is 16.3. The van der Waals surface area contributed by atoms with Crippen molar-refractivity contribution >= 4 is 23.3 Å². The van der Waals surface area contributed by atoms with Crippen molar-refractivity contribution in [2.75, 3.05) is 38.1 Å². The molecule has 2 aromatic heterocycles. The molecule has 0 spiro atoms. The van der Waals surface area contributed by atoms with E-state index in [9.17, 15) is 9.59 Å². The van der Waals surface area contributed by atoms with Gasteiger partial charge < -0.3 is 19.1 Å². The molecule has 0 unspecified atom stereocenters. The quantitative estimate of drug-likeness (QED) is 0.685. The topological polar surface area (TPSA) is 69.9 Å². The van der Waals surface area contributed by atoms with Crippen LogP contribution in [0.25, 0.3) is 0 Å². The van der Waals surface area contributed by atoms with Crippen LogP contribution in [0, 0.1) is 0 Å². The maximum Gasteiger partial charge on any atom is 0.289 e. The fourth-order valence-corrected chi connectivity index (χ4v) is 3.37. The number of amides is 2. The molecule has 0 atom stereocenters. The van der Waals surface area contributed by atoms with Crippen LogP contribution in [-0.4, -0.2) is 59.8 Å². The summed E-state index contributed by atoms with van der Waals surface area (Å²) in [6.07, 6.45) is 3.14. The maximum atomic E-state index is 13.0. The average Bonchev–Trinajstić information content (AvgIpc) is 3.33. The summed E-state index contributed by atoms with van der Waals surface area (Å²) in [7, 11) is 1.92. The number of piperazine rings is 1. The maximum absolute atomic E-state index is 13.0. The summed E-state index contributed by atoms with van der Waals surface area (Å²) in [6.45, 7) is 1.93. The third-order valence-electron chi connectivity index (χ3n) is 5.07. The standard InChI is InChI=1S/C22H22N4O3/c1-24(18-6-3-2-4-7-18)20-16-17(9-10-23-20)21(27)25-11-13-26(14-12-25)22(28)19-8-5-15-29-19/h2-10,15-16H,11-14H2,1H3. The van der Waals surface area contributed by atoms with Crippen LogP contribution in [0.15, 0.2) is 71.5 Å². The van der Waals surface area contributed by atoms with Crippen LogP contribution < -0.4 is 4.90 Å². The molecular weight excluding hydrogens is 368 g/mol. The summed E-state index contributed by atoms with van der Waals surface area (Å²) in [5.41, 5.74) is 1.58. The highest BCUT2D eigenvalue weighted by molar-refractivity contribution is 5.95.